The van der Waals surface area contributed by atoms with E-state index in [4.69, 9.17) is 0 Å². The van der Waals surface area contributed by atoms with Crippen LogP contribution in [0.4, 0.5) is 0 Å². The molecule has 0 heterocycles. The van der Waals surface area contributed by atoms with E-state index in [1.54, 1.807) is 0 Å². The van der Waals surface area contributed by atoms with Crippen LogP contribution in [0.1, 0.15) is 85.5 Å². The molecule has 0 saturated heterocycles. The summed E-state index contributed by atoms with van der Waals surface area (Å²) < 4.78 is 0. The van der Waals surface area contributed by atoms with Crippen LogP contribution in [0.15, 0.2) is 0 Å². The summed E-state index contributed by atoms with van der Waals surface area (Å²) in [5, 5.41) is 4.03. The van der Waals surface area contributed by atoms with Crippen molar-refractivity contribution < 1.29 is 0 Å². The van der Waals surface area contributed by atoms with Gasteiger partial charge in [0.05, 0.1) is 0 Å². The van der Waals surface area contributed by atoms with E-state index in [1.807, 2.05) is 0 Å². The fourth-order valence-corrected chi connectivity index (χ4v) is 3.92. The molecule has 1 N–H and O–H groups in total. The molecule has 1 heteroatoms. The number of hydrogen-bond acceptors (Lipinski definition) is 1. The number of nitrogens with one attached hydrogen (secondary N) is 1. The Morgan fingerprint density at radius 3 is 2.28 bits per heavy atom. The van der Waals surface area contributed by atoms with Gasteiger partial charge in [0, 0.05) is 12.1 Å². The van der Waals surface area contributed by atoms with Gasteiger partial charge >= 0.3 is 0 Å². The van der Waals surface area contributed by atoms with Gasteiger partial charge in [-0.15, -0.1) is 0 Å². The van der Waals surface area contributed by atoms with E-state index in [2.05, 4.69) is 33.0 Å². The highest BCUT2D eigenvalue weighted by Crippen LogP contribution is 2.38. The minimum atomic E-state index is 0.514. The van der Waals surface area contributed by atoms with Crippen molar-refractivity contribution in [3.8, 4) is 0 Å². The minimum absolute atomic E-state index is 0.514. The third-order valence-electron chi connectivity index (χ3n) is 5.52. The van der Waals surface area contributed by atoms with Gasteiger partial charge in [-0.2, -0.15) is 0 Å². The second-order valence-electron chi connectivity index (χ2n) is 8.25. The summed E-state index contributed by atoms with van der Waals surface area (Å²) in [6.07, 6.45) is 12.7. The molecule has 0 aromatic heterocycles. The van der Waals surface area contributed by atoms with Crippen LogP contribution >= 0.6 is 0 Å². The largest absolute Gasteiger partial charge is 0.311 e. The van der Waals surface area contributed by atoms with Crippen molar-refractivity contribution in [3.05, 3.63) is 0 Å². The van der Waals surface area contributed by atoms with Crippen LogP contribution in [0.3, 0.4) is 0 Å². The van der Waals surface area contributed by atoms with Crippen molar-refractivity contribution >= 4 is 0 Å². The molecule has 0 amide bonds. The molecule has 0 spiro atoms. The smallest absolute Gasteiger partial charge is 0.0121 e. The predicted molar refractivity (Wildman–Crippen MR) is 79.8 cm³/mol. The van der Waals surface area contributed by atoms with Gasteiger partial charge in [0.25, 0.3) is 0 Å². The Kier molecular flexibility index (Phi) is 4.41. The van der Waals surface area contributed by atoms with Gasteiger partial charge in [-0.1, -0.05) is 47.0 Å². The van der Waals surface area contributed by atoms with Crippen LogP contribution in [-0.4, -0.2) is 12.1 Å². The van der Waals surface area contributed by atoms with E-state index in [9.17, 15) is 0 Å². The SMILES string of the molecule is CC1(C)CCCC(NC2CCCCC2(C)C)CC1. The molecule has 0 aromatic carbocycles. The Hall–Kier alpha value is -0.0400. The fourth-order valence-electron chi connectivity index (χ4n) is 3.92. The van der Waals surface area contributed by atoms with E-state index < -0.39 is 0 Å². The van der Waals surface area contributed by atoms with Gasteiger partial charge in [-0.05, 0) is 49.4 Å². The van der Waals surface area contributed by atoms with Gasteiger partial charge in [-0.25, -0.2) is 0 Å². The van der Waals surface area contributed by atoms with E-state index in [-0.39, 0.29) is 0 Å². The van der Waals surface area contributed by atoms with Gasteiger partial charge in [-0.3, -0.25) is 0 Å². The Labute approximate surface area is 114 Å². The molecule has 2 atom stereocenters. The molecule has 2 saturated carbocycles. The summed E-state index contributed by atoms with van der Waals surface area (Å²) in [6.45, 7) is 9.81. The molecular formula is C17H33N. The zero-order valence-corrected chi connectivity index (χ0v) is 13.0. The maximum Gasteiger partial charge on any atom is 0.0121 e. The lowest BCUT2D eigenvalue weighted by Crippen LogP contribution is -2.48. The van der Waals surface area contributed by atoms with Crippen LogP contribution in [0.25, 0.3) is 0 Å². The average molecular weight is 251 g/mol. The summed E-state index contributed by atoms with van der Waals surface area (Å²) in [5.74, 6) is 0. The lowest BCUT2D eigenvalue weighted by atomic mass is 9.73. The topological polar surface area (TPSA) is 12.0 Å². The van der Waals surface area contributed by atoms with Crippen LogP contribution in [0.5, 0.6) is 0 Å². The third kappa shape index (κ3) is 3.73. The Bertz CT molecular complexity index is 267. The molecule has 0 bridgehead atoms. The fraction of sp³-hybridized carbons (Fsp3) is 1.00. The first kappa shape index (κ1) is 14.4. The quantitative estimate of drug-likeness (QED) is 0.688. The Morgan fingerprint density at radius 2 is 1.56 bits per heavy atom. The van der Waals surface area contributed by atoms with Gasteiger partial charge in [0.15, 0.2) is 0 Å². The Morgan fingerprint density at radius 1 is 0.778 bits per heavy atom. The summed E-state index contributed by atoms with van der Waals surface area (Å²) in [4.78, 5) is 0. The van der Waals surface area contributed by atoms with Gasteiger partial charge in [0.2, 0.25) is 0 Å². The predicted octanol–water partition coefficient (Wildman–Crippen LogP) is 4.90. The molecule has 2 aliphatic carbocycles. The molecule has 2 rings (SSSR count). The zero-order chi connectivity index (χ0) is 13.2. The first-order chi connectivity index (χ1) is 8.39. The minimum Gasteiger partial charge on any atom is -0.311 e. The first-order valence-electron chi connectivity index (χ1n) is 8.15. The summed E-state index contributed by atoms with van der Waals surface area (Å²) >= 11 is 0. The second kappa shape index (κ2) is 5.53. The third-order valence-corrected chi connectivity index (χ3v) is 5.52. The van der Waals surface area contributed by atoms with E-state index in [1.165, 1.54) is 57.8 Å². The maximum atomic E-state index is 4.03. The van der Waals surface area contributed by atoms with Crippen LogP contribution < -0.4 is 5.32 Å². The van der Waals surface area contributed by atoms with Crippen molar-refractivity contribution in [1.29, 1.82) is 0 Å². The molecule has 0 aliphatic heterocycles. The number of rotatable bonds is 2. The molecule has 18 heavy (non-hydrogen) atoms. The van der Waals surface area contributed by atoms with E-state index in [0.717, 1.165) is 12.1 Å². The van der Waals surface area contributed by atoms with Gasteiger partial charge in [0.1, 0.15) is 0 Å². The molecular weight excluding hydrogens is 218 g/mol. The highest BCUT2D eigenvalue weighted by molar-refractivity contribution is 4.91. The second-order valence-corrected chi connectivity index (χ2v) is 8.25. The molecule has 0 radical (unpaired) electrons. The average Bonchev–Trinajstić information content (AvgIpc) is 2.43. The monoisotopic (exact) mass is 251 g/mol. The van der Waals surface area contributed by atoms with Crippen LogP contribution in [-0.2, 0) is 0 Å². The van der Waals surface area contributed by atoms with Gasteiger partial charge < -0.3 is 5.32 Å². The molecule has 2 aliphatic rings. The van der Waals surface area contributed by atoms with Crippen molar-refractivity contribution in [1.82, 2.24) is 5.32 Å². The van der Waals surface area contributed by atoms with Crippen molar-refractivity contribution in [2.45, 2.75) is 97.6 Å². The first-order valence-corrected chi connectivity index (χ1v) is 8.15. The summed E-state index contributed by atoms with van der Waals surface area (Å²) in [5.41, 5.74) is 1.10. The van der Waals surface area contributed by atoms with E-state index >= 15 is 0 Å². The van der Waals surface area contributed by atoms with E-state index in [0.29, 0.717) is 10.8 Å². The zero-order valence-electron chi connectivity index (χ0n) is 13.0. The number of hydrogen-bond donors (Lipinski definition) is 1. The lowest BCUT2D eigenvalue weighted by molar-refractivity contribution is 0.151. The summed E-state index contributed by atoms with van der Waals surface area (Å²) in [7, 11) is 0. The standard InChI is InChI=1S/C17H33N/c1-16(2)11-7-8-14(10-13-16)18-15-9-5-6-12-17(15,3)4/h14-15,18H,5-13H2,1-4H3. The Balaban J connectivity index is 1.89. The molecule has 1 nitrogen and oxygen atoms in total. The van der Waals surface area contributed by atoms with Crippen molar-refractivity contribution in [2.24, 2.45) is 10.8 Å². The van der Waals surface area contributed by atoms with Crippen LogP contribution in [0, 0.1) is 10.8 Å². The van der Waals surface area contributed by atoms with Crippen LogP contribution in [0.2, 0.25) is 0 Å². The highest BCUT2D eigenvalue weighted by Gasteiger charge is 2.34. The normalized spacial score (nSPS) is 36.0. The highest BCUT2D eigenvalue weighted by atomic mass is 15.0. The summed E-state index contributed by atoms with van der Waals surface area (Å²) in [6, 6.07) is 1.55. The van der Waals surface area contributed by atoms with Crippen molar-refractivity contribution in [2.75, 3.05) is 0 Å². The lowest BCUT2D eigenvalue weighted by Gasteiger charge is -2.41. The molecule has 0 aromatic rings. The molecule has 106 valence electrons. The molecule has 2 fully saturated rings. The molecule has 2 unspecified atom stereocenters. The van der Waals surface area contributed by atoms with Crippen molar-refractivity contribution in [3.63, 3.8) is 0 Å². The maximum absolute atomic E-state index is 4.03.